The summed E-state index contributed by atoms with van der Waals surface area (Å²) in [5.41, 5.74) is 2.14. The van der Waals surface area contributed by atoms with Crippen molar-refractivity contribution in [1.82, 2.24) is 10.3 Å². The Morgan fingerprint density at radius 2 is 2.24 bits per heavy atom. The monoisotopic (exact) mass is 342 g/mol. The van der Waals surface area contributed by atoms with Gasteiger partial charge in [-0.05, 0) is 44.2 Å². The van der Waals surface area contributed by atoms with E-state index in [1.165, 1.54) is 6.42 Å². The smallest absolute Gasteiger partial charge is 0.248 e. The zero-order chi connectivity index (χ0) is 17.5. The van der Waals surface area contributed by atoms with Crippen LogP contribution in [0.25, 0.3) is 10.9 Å². The second kappa shape index (κ2) is 8.92. The minimum absolute atomic E-state index is 0.0796. The molecule has 3 rings (SSSR count). The summed E-state index contributed by atoms with van der Waals surface area (Å²) in [6.45, 7) is 3.65. The molecule has 1 aliphatic rings. The van der Waals surface area contributed by atoms with Crippen LogP contribution in [0.1, 0.15) is 31.7 Å². The zero-order valence-corrected chi connectivity index (χ0v) is 14.7. The summed E-state index contributed by atoms with van der Waals surface area (Å²) >= 11 is 0. The average Bonchev–Trinajstić information content (AvgIpc) is 2.67. The molecule has 1 N–H and O–H groups in total. The van der Waals surface area contributed by atoms with E-state index >= 15 is 0 Å². The molecule has 5 nitrogen and oxygen atoms in total. The first-order chi connectivity index (χ1) is 12.2. The van der Waals surface area contributed by atoms with E-state index in [0.29, 0.717) is 13.2 Å². The second-order valence-corrected chi connectivity index (χ2v) is 6.50. The van der Waals surface area contributed by atoms with Crippen LogP contribution in [0.3, 0.4) is 0 Å². The summed E-state index contributed by atoms with van der Waals surface area (Å²) < 4.78 is 11.3. The summed E-state index contributed by atoms with van der Waals surface area (Å²) in [5.74, 6) is -0.0796. The van der Waals surface area contributed by atoms with Crippen LogP contribution < -0.4 is 5.32 Å². The molecule has 0 unspecified atom stereocenters. The van der Waals surface area contributed by atoms with Gasteiger partial charge < -0.3 is 14.8 Å². The first kappa shape index (κ1) is 17.8. The average molecular weight is 342 g/mol. The van der Waals surface area contributed by atoms with E-state index < -0.39 is 6.10 Å². The van der Waals surface area contributed by atoms with Crippen LogP contribution in [0.15, 0.2) is 36.5 Å². The Hall–Kier alpha value is -1.98. The van der Waals surface area contributed by atoms with Crippen molar-refractivity contribution < 1.29 is 14.3 Å². The number of amides is 1. The molecule has 2 heterocycles. The maximum Gasteiger partial charge on any atom is 0.248 e. The number of rotatable bonds is 7. The number of hydrogen-bond acceptors (Lipinski definition) is 4. The molecule has 1 saturated heterocycles. The third kappa shape index (κ3) is 5.00. The fourth-order valence-corrected chi connectivity index (χ4v) is 3.10. The minimum Gasteiger partial charge on any atom is -0.376 e. The van der Waals surface area contributed by atoms with Gasteiger partial charge in [0.2, 0.25) is 5.91 Å². The SMILES string of the molecule is C[C@H](OC[C@@H]1CCCCO1)C(=O)NCCc1cccc2cccnc12. The van der Waals surface area contributed by atoms with E-state index in [4.69, 9.17) is 9.47 Å². The van der Waals surface area contributed by atoms with Crippen LogP contribution in [0.5, 0.6) is 0 Å². The zero-order valence-electron chi connectivity index (χ0n) is 14.7. The highest BCUT2D eigenvalue weighted by Crippen LogP contribution is 2.16. The van der Waals surface area contributed by atoms with E-state index in [0.717, 1.165) is 42.3 Å². The number of benzene rings is 1. The molecular weight excluding hydrogens is 316 g/mol. The van der Waals surface area contributed by atoms with Crippen LogP contribution in [0, 0.1) is 0 Å². The van der Waals surface area contributed by atoms with Crippen LogP contribution in [-0.4, -0.2) is 42.9 Å². The Morgan fingerprint density at radius 3 is 3.08 bits per heavy atom. The molecule has 2 atom stereocenters. The number of nitrogens with zero attached hydrogens (tertiary/aromatic N) is 1. The Labute approximate surface area is 148 Å². The largest absolute Gasteiger partial charge is 0.376 e. The van der Waals surface area contributed by atoms with Gasteiger partial charge in [-0.25, -0.2) is 0 Å². The van der Waals surface area contributed by atoms with Gasteiger partial charge in [0.25, 0.3) is 0 Å². The molecule has 0 aliphatic carbocycles. The molecule has 1 aromatic heterocycles. The molecule has 0 bridgehead atoms. The van der Waals surface area contributed by atoms with Crippen LogP contribution in [-0.2, 0) is 20.7 Å². The molecular formula is C20H26N2O3. The maximum absolute atomic E-state index is 12.2. The van der Waals surface area contributed by atoms with E-state index in [1.54, 1.807) is 13.1 Å². The predicted molar refractivity (Wildman–Crippen MR) is 97.5 cm³/mol. The summed E-state index contributed by atoms with van der Waals surface area (Å²) in [5, 5.41) is 4.07. The Bertz CT molecular complexity index is 693. The highest BCUT2D eigenvalue weighted by molar-refractivity contribution is 5.82. The topological polar surface area (TPSA) is 60.5 Å². The standard InChI is InChI=1S/C20H26N2O3/c1-15(25-14-18-9-2-3-13-24-18)20(23)22-12-10-17-7-4-6-16-8-5-11-21-19(16)17/h4-8,11,15,18H,2-3,9-10,12-14H2,1H3,(H,22,23)/t15-,18-/m0/s1. The van der Waals surface area contributed by atoms with E-state index in [2.05, 4.69) is 16.4 Å². The minimum atomic E-state index is -0.462. The second-order valence-electron chi connectivity index (χ2n) is 6.50. The number of nitrogens with one attached hydrogen (secondary N) is 1. The van der Waals surface area contributed by atoms with E-state index in [9.17, 15) is 4.79 Å². The van der Waals surface area contributed by atoms with Crippen molar-refractivity contribution in [3.63, 3.8) is 0 Å². The van der Waals surface area contributed by atoms with Crippen molar-refractivity contribution in [2.45, 2.75) is 44.8 Å². The number of hydrogen-bond donors (Lipinski definition) is 1. The fraction of sp³-hybridized carbons (Fsp3) is 0.500. The van der Waals surface area contributed by atoms with Crippen molar-refractivity contribution in [3.8, 4) is 0 Å². The molecule has 1 amide bonds. The van der Waals surface area contributed by atoms with Gasteiger partial charge in [-0.3, -0.25) is 9.78 Å². The number of carbonyl (C=O) groups is 1. The lowest BCUT2D eigenvalue weighted by Crippen LogP contribution is -2.37. The van der Waals surface area contributed by atoms with Crippen LogP contribution >= 0.6 is 0 Å². The van der Waals surface area contributed by atoms with Crippen molar-refractivity contribution >= 4 is 16.8 Å². The summed E-state index contributed by atoms with van der Waals surface area (Å²) in [4.78, 5) is 16.6. The van der Waals surface area contributed by atoms with Gasteiger partial charge in [0.15, 0.2) is 0 Å². The van der Waals surface area contributed by atoms with Gasteiger partial charge in [-0.1, -0.05) is 24.3 Å². The molecule has 0 radical (unpaired) electrons. The Kier molecular flexibility index (Phi) is 6.36. The first-order valence-corrected chi connectivity index (χ1v) is 9.07. The molecule has 0 spiro atoms. The van der Waals surface area contributed by atoms with Crippen molar-refractivity contribution in [2.24, 2.45) is 0 Å². The quantitative estimate of drug-likeness (QED) is 0.840. The number of para-hydroxylation sites is 1. The molecule has 0 saturated carbocycles. The number of ether oxygens (including phenoxy) is 2. The highest BCUT2D eigenvalue weighted by atomic mass is 16.5. The van der Waals surface area contributed by atoms with Gasteiger partial charge in [-0.2, -0.15) is 0 Å². The predicted octanol–water partition coefficient (Wildman–Crippen LogP) is 2.87. The molecule has 1 aromatic carbocycles. The third-order valence-corrected chi connectivity index (χ3v) is 4.59. The van der Waals surface area contributed by atoms with Gasteiger partial charge in [0.1, 0.15) is 6.10 Å². The molecule has 25 heavy (non-hydrogen) atoms. The molecule has 2 aromatic rings. The fourth-order valence-electron chi connectivity index (χ4n) is 3.10. The van der Waals surface area contributed by atoms with E-state index in [-0.39, 0.29) is 12.0 Å². The number of pyridine rings is 1. The first-order valence-electron chi connectivity index (χ1n) is 9.07. The highest BCUT2D eigenvalue weighted by Gasteiger charge is 2.18. The lowest BCUT2D eigenvalue weighted by atomic mass is 10.1. The van der Waals surface area contributed by atoms with Crippen molar-refractivity contribution in [3.05, 3.63) is 42.1 Å². The number of carbonyl (C=O) groups excluding carboxylic acids is 1. The van der Waals surface area contributed by atoms with Gasteiger partial charge >= 0.3 is 0 Å². The van der Waals surface area contributed by atoms with Crippen molar-refractivity contribution in [2.75, 3.05) is 19.8 Å². The lowest BCUT2D eigenvalue weighted by molar-refractivity contribution is -0.135. The van der Waals surface area contributed by atoms with Crippen LogP contribution in [0.4, 0.5) is 0 Å². The molecule has 134 valence electrons. The van der Waals surface area contributed by atoms with Gasteiger partial charge in [-0.15, -0.1) is 0 Å². The molecule has 1 aliphatic heterocycles. The maximum atomic E-state index is 12.2. The van der Waals surface area contributed by atoms with Gasteiger partial charge in [0, 0.05) is 24.7 Å². The molecule has 1 fully saturated rings. The van der Waals surface area contributed by atoms with Crippen LogP contribution in [0.2, 0.25) is 0 Å². The van der Waals surface area contributed by atoms with Crippen molar-refractivity contribution in [1.29, 1.82) is 0 Å². The van der Waals surface area contributed by atoms with E-state index in [1.807, 2.05) is 24.3 Å². The Balaban J connectivity index is 1.43. The number of fused-ring (bicyclic) bond motifs is 1. The lowest BCUT2D eigenvalue weighted by Gasteiger charge is -2.23. The normalized spacial score (nSPS) is 18.8. The summed E-state index contributed by atoms with van der Waals surface area (Å²) in [6.07, 6.45) is 5.53. The summed E-state index contributed by atoms with van der Waals surface area (Å²) in [6, 6.07) is 10.1. The molecule has 5 heteroatoms. The third-order valence-electron chi connectivity index (χ3n) is 4.59. The summed E-state index contributed by atoms with van der Waals surface area (Å²) in [7, 11) is 0. The Morgan fingerprint density at radius 1 is 1.36 bits per heavy atom. The number of aromatic nitrogens is 1. The van der Waals surface area contributed by atoms with Gasteiger partial charge in [0.05, 0.1) is 18.2 Å².